The molecule has 9 heteroatoms. The molecule has 170 valence electrons. The standard InChI is InChI=1S/C21H34N4O2S2.HI/c1-3-22-20(24-17-21(2)12-7-15-28-21)23-16-18-8-10-19(11-9-18)29(26,27)25-13-5-4-6-14-25;/h8-11H,3-7,12-17H2,1-2H3,(H2,22,23,24);1H. The number of rotatable bonds is 7. The lowest BCUT2D eigenvalue weighted by Gasteiger charge is -2.25. The molecule has 30 heavy (non-hydrogen) atoms. The molecule has 3 rings (SSSR count). The van der Waals surface area contributed by atoms with Crippen molar-refractivity contribution in [1.82, 2.24) is 14.9 Å². The third kappa shape index (κ3) is 7.00. The third-order valence-corrected chi connectivity index (χ3v) is 9.02. The summed E-state index contributed by atoms with van der Waals surface area (Å²) in [4.78, 5) is 5.06. The quantitative estimate of drug-likeness (QED) is 0.298. The smallest absolute Gasteiger partial charge is 0.243 e. The molecule has 1 aromatic carbocycles. The zero-order valence-electron chi connectivity index (χ0n) is 18.0. The van der Waals surface area contributed by atoms with Crippen molar-refractivity contribution >= 4 is 51.7 Å². The summed E-state index contributed by atoms with van der Waals surface area (Å²) < 4.78 is 27.4. The average molecular weight is 567 g/mol. The van der Waals surface area contributed by atoms with Crippen molar-refractivity contribution in [3.63, 3.8) is 0 Å². The lowest BCUT2D eigenvalue weighted by molar-refractivity contribution is 0.346. The van der Waals surface area contributed by atoms with Crippen LogP contribution in [0.1, 0.15) is 51.5 Å². The molecule has 2 fully saturated rings. The Bertz CT molecular complexity index is 788. The minimum Gasteiger partial charge on any atom is -0.357 e. The van der Waals surface area contributed by atoms with Crippen LogP contribution in [0.4, 0.5) is 0 Å². The Morgan fingerprint density at radius 2 is 1.83 bits per heavy atom. The highest BCUT2D eigenvalue weighted by Gasteiger charge is 2.29. The Labute approximate surface area is 203 Å². The van der Waals surface area contributed by atoms with E-state index in [1.54, 1.807) is 16.4 Å². The summed E-state index contributed by atoms with van der Waals surface area (Å²) in [7, 11) is -3.37. The van der Waals surface area contributed by atoms with Crippen LogP contribution in [0.15, 0.2) is 34.2 Å². The van der Waals surface area contributed by atoms with Gasteiger partial charge in [0.25, 0.3) is 0 Å². The number of aliphatic imine (C=N–C) groups is 1. The molecular formula is C21H35IN4O2S2. The largest absolute Gasteiger partial charge is 0.357 e. The van der Waals surface area contributed by atoms with Gasteiger partial charge in [-0.3, -0.25) is 0 Å². The molecule has 2 aliphatic heterocycles. The van der Waals surface area contributed by atoms with Crippen LogP contribution in [-0.4, -0.2) is 55.4 Å². The first-order valence-electron chi connectivity index (χ1n) is 10.7. The van der Waals surface area contributed by atoms with Crippen molar-refractivity contribution in [2.24, 2.45) is 4.99 Å². The van der Waals surface area contributed by atoms with Crippen LogP contribution in [-0.2, 0) is 16.6 Å². The van der Waals surface area contributed by atoms with Gasteiger partial charge in [-0.25, -0.2) is 13.4 Å². The minimum absolute atomic E-state index is 0. The fourth-order valence-electron chi connectivity index (χ4n) is 3.78. The molecule has 2 saturated heterocycles. The maximum absolute atomic E-state index is 12.8. The van der Waals surface area contributed by atoms with Gasteiger partial charge in [0.1, 0.15) is 0 Å². The zero-order chi connectivity index (χ0) is 20.7. The predicted octanol–water partition coefficient (Wildman–Crippen LogP) is 3.82. The van der Waals surface area contributed by atoms with Crippen LogP contribution >= 0.6 is 35.7 Å². The number of sulfonamides is 1. The minimum atomic E-state index is -3.37. The van der Waals surface area contributed by atoms with Gasteiger partial charge in [-0.2, -0.15) is 16.1 Å². The summed E-state index contributed by atoms with van der Waals surface area (Å²) in [5.41, 5.74) is 1.00. The molecule has 0 aromatic heterocycles. The van der Waals surface area contributed by atoms with E-state index in [-0.39, 0.29) is 28.7 Å². The molecule has 0 bridgehead atoms. The topological polar surface area (TPSA) is 73.8 Å². The Morgan fingerprint density at radius 1 is 1.13 bits per heavy atom. The van der Waals surface area contributed by atoms with E-state index in [0.717, 1.165) is 43.9 Å². The Balaban J connectivity index is 0.00000320. The highest BCUT2D eigenvalue weighted by molar-refractivity contribution is 14.0. The van der Waals surface area contributed by atoms with Crippen LogP contribution < -0.4 is 10.6 Å². The summed E-state index contributed by atoms with van der Waals surface area (Å²) in [5.74, 6) is 2.05. The predicted molar refractivity (Wildman–Crippen MR) is 137 cm³/mol. The monoisotopic (exact) mass is 566 g/mol. The van der Waals surface area contributed by atoms with Crippen LogP contribution in [0.5, 0.6) is 0 Å². The summed E-state index contributed by atoms with van der Waals surface area (Å²) in [5, 5.41) is 6.77. The maximum atomic E-state index is 12.8. The summed E-state index contributed by atoms with van der Waals surface area (Å²) in [6.07, 6.45) is 5.52. The van der Waals surface area contributed by atoms with E-state index >= 15 is 0 Å². The number of guanidine groups is 1. The molecule has 0 radical (unpaired) electrons. The second-order valence-corrected chi connectivity index (χ2v) is 11.7. The van der Waals surface area contributed by atoms with Gasteiger partial charge in [0.05, 0.1) is 11.4 Å². The Morgan fingerprint density at radius 3 is 2.43 bits per heavy atom. The third-order valence-electron chi connectivity index (χ3n) is 5.57. The molecule has 6 nitrogen and oxygen atoms in total. The van der Waals surface area contributed by atoms with E-state index in [2.05, 4.69) is 29.5 Å². The molecule has 2 aliphatic rings. The van der Waals surface area contributed by atoms with Crippen LogP contribution in [0.3, 0.4) is 0 Å². The Kier molecular flexibility index (Phi) is 10.2. The molecule has 0 saturated carbocycles. The van der Waals surface area contributed by atoms with Gasteiger partial charge in [0, 0.05) is 30.9 Å². The van der Waals surface area contributed by atoms with Gasteiger partial charge < -0.3 is 10.6 Å². The summed E-state index contributed by atoms with van der Waals surface area (Å²) in [6, 6.07) is 7.17. The number of hydrogen-bond donors (Lipinski definition) is 2. The SMILES string of the molecule is CCNC(=NCc1ccc(S(=O)(=O)N2CCCCC2)cc1)NCC1(C)CCCS1.I. The van der Waals surface area contributed by atoms with Crippen molar-refractivity contribution < 1.29 is 8.42 Å². The van der Waals surface area contributed by atoms with E-state index in [1.165, 1.54) is 18.6 Å². The number of thioether (sulfide) groups is 1. The highest BCUT2D eigenvalue weighted by atomic mass is 127. The number of nitrogens with one attached hydrogen (secondary N) is 2. The van der Waals surface area contributed by atoms with Crippen LogP contribution in [0.25, 0.3) is 0 Å². The van der Waals surface area contributed by atoms with E-state index in [4.69, 9.17) is 0 Å². The average Bonchev–Trinajstić information content (AvgIpc) is 3.18. The number of hydrogen-bond acceptors (Lipinski definition) is 4. The van der Waals surface area contributed by atoms with Crippen molar-refractivity contribution in [3.05, 3.63) is 29.8 Å². The van der Waals surface area contributed by atoms with Gasteiger partial charge in [0.2, 0.25) is 10.0 Å². The van der Waals surface area contributed by atoms with E-state index in [0.29, 0.717) is 24.5 Å². The second-order valence-electron chi connectivity index (χ2n) is 8.06. The van der Waals surface area contributed by atoms with E-state index in [1.807, 2.05) is 23.9 Å². The fourth-order valence-corrected chi connectivity index (χ4v) is 6.54. The first-order chi connectivity index (χ1) is 13.9. The molecule has 0 aliphatic carbocycles. The molecule has 0 amide bonds. The zero-order valence-corrected chi connectivity index (χ0v) is 22.0. The van der Waals surface area contributed by atoms with Gasteiger partial charge in [-0.05, 0) is 63.0 Å². The van der Waals surface area contributed by atoms with Gasteiger partial charge in [-0.1, -0.05) is 18.6 Å². The number of piperidine rings is 1. The highest BCUT2D eigenvalue weighted by Crippen LogP contribution is 2.36. The molecule has 1 atom stereocenters. The van der Waals surface area contributed by atoms with E-state index < -0.39 is 10.0 Å². The van der Waals surface area contributed by atoms with Gasteiger partial charge >= 0.3 is 0 Å². The van der Waals surface area contributed by atoms with Crippen molar-refractivity contribution in [2.75, 3.05) is 31.9 Å². The first kappa shape index (κ1) is 25.7. The Hall–Kier alpha value is -0.520. The van der Waals surface area contributed by atoms with Gasteiger partial charge in [0.15, 0.2) is 5.96 Å². The molecule has 2 heterocycles. The number of halogens is 1. The molecular weight excluding hydrogens is 531 g/mol. The lowest BCUT2D eigenvalue weighted by atomic mass is 10.1. The molecule has 1 aromatic rings. The maximum Gasteiger partial charge on any atom is 0.243 e. The summed E-state index contributed by atoms with van der Waals surface area (Å²) >= 11 is 2.03. The second kappa shape index (κ2) is 11.9. The molecule has 0 spiro atoms. The molecule has 1 unspecified atom stereocenters. The summed E-state index contributed by atoms with van der Waals surface area (Å²) in [6.45, 7) is 7.85. The van der Waals surface area contributed by atoms with Crippen molar-refractivity contribution in [3.8, 4) is 0 Å². The number of nitrogens with zero attached hydrogens (tertiary/aromatic N) is 2. The van der Waals surface area contributed by atoms with Gasteiger partial charge in [-0.15, -0.1) is 24.0 Å². The van der Waals surface area contributed by atoms with Crippen LogP contribution in [0, 0.1) is 0 Å². The fraction of sp³-hybridized carbons (Fsp3) is 0.667. The number of benzene rings is 1. The van der Waals surface area contributed by atoms with Crippen molar-refractivity contribution in [1.29, 1.82) is 0 Å². The molecule has 2 N–H and O–H groups in total. The lowest BCUT2D eigenvalue weighted by Crippen LogP contribution is -2.43. The van der Waals surface area contributed by atoms with Crippen LogP contribution in [0.2, 0.25) is 0 Å². The normalized spacial score (nSPS) is 23.1. The first-order valence-corrected chi connectivity index (χ1v) is 13.1. The van der Waals surface area contributed by atoms with Crippen molar-refractivity contribution in [2.45, 2.75) is 62.1 Å². The van der Waals surface area contributed by atoms with E-state index in [9.17, 15) is 8.42 Å².